The molecule has 0 aliphatic carbocycles. The molecule has 0 spiro atoms. The average molecular weight is 324 g/mol. The van der Waals surface area contributed by atoms with Crippen LogP contribution >= 0.6 is 23.2 Å². The van der Waals surface area contributed by atoms with Crippen molar-refractivity contribution in [3.05, 3.63) is 58.1 Å². The van der Waals surface area contributed by atoms with E-state index >= 15 is 0 Å². The van der Waals surface area contributed by atoms with E-state index in [1.807, 2.05) is 25.1 Å². The Morgan fingerprint density at radius 1 is 1.10 bits per heavy atom. The maximum atomic E-state index is 10.8. The molecule has 6 heteroatoms. The summed E-state index contributed by atoms with van der Waals surface area (Å²) < 4.78 is 0. The number of benzene rings is 2. The zero-order valence-electron chi connectivity index (χ0n) is 11.4. The fourth-order valence-corrected chi connectivity index (χ4v) is 2.54. The lowest BCUT2D eigenvalue weighted by atomic mass is 10.1. The maximum absolute atomic E-state index is 10.8. The van der Waals surface area contributed by atoms with Gasteiger partial charge < -0.3 is 16.4 Å². The number of carbonyl (C=O) groups is 1. The molecule has 0 radical (unpaired) electrons. The molecule has 0 saturated carbocycles. The third-order valence-corrected chi connectivity index (χ3v) is 3.53. The zero-order chi connectivity index (χ0) is 15.4. The number of nitrogens with one attached hydrogen (secondary N) is 2. The molecule has 2 rings (SSSR count). The van der Waals surface area contributed by atoms with Gasteiger partial charge in [-0.1, -0.05) is 29.3 Å². The average Bonchev–Trinajstić information content (AvgIpc) is 2.40. The van der Waals surface area contributed by atoms with Crippen LogP contribution in [0.3, 0.4) is 0 Å². The number of carbonyl (C=O) groups excluding carboxylic acids is 1. The number of primary amides is 1. The van der Waals surface area contributed by atoms with Crippen LogP contribution in [0.15, 0.2) is 42.5 Å². The lowest BCUT2D eigenvalue weighted by molar-refractivity contribution is 0.259. The molecule has 2 aromatic rings. The van der Waals surface area contributed by atoms with Crippen molar-refractivity contribution in [1.82, 2.24) is 0 Å². The van der Waals surface area contributed by atoms with E-state index in [-0.39, 0.29) is 6.04 Å². The van der Waals surface area contributed by atoms with Gasteiger partial charge >= 0.3 is 6.03 Å². The molecule has 110 valence electrons. The van der Waals surface area contributed by atoms with Crippen molar-refractivity contribution in [3.63, 3.8) is 0 Å². The van der Waals surface area contributed by atoms with E-state index in [2.05, 4.69) is 10.6 Å². The van der Waals surface area contributed by atoms with Crippen LogP contribution in [0.2, 0.25) is 10.0 Å². The maximum Gasteiger partial charge on any atom is 0.316 e. The Bertz CT molecular complexity index is 644. The molecule has 2 amide bonds. The van der Waals surface area contributed by atoms with Crippen molar-refractivity contribution in [2.24, 2.45) is 5.73 Å². The molecule has 0 aliphatic heterocycles. The monoisotopic (exact) mass is 323 g/mol. The number of urea groups is 1. The highest BCUT2D eigenvalue weighted by Gasteiger charge is 2.10. The Hall–Kier alpha value is -1.91. The van der Waals surface area contributed by atoms with Gasteiger partial charge in [0.2, 0.25) is 0 Å². The highest BCUT2D eigenvalue weighted by Crippen LogP contribution is 2.28. The number of anilines is 2. The summed E-state index contributed by atoms with van der Waals surface area (Å²) in [7, 11) is 0. The number of nitrogens with two attached hydrogens (primary N) is 1. The molecule has 0 aromatic heterocycles. The van der Waals surface area contributed by atoms with Gasteiger partial charge in [-0.25, -0.2) is 4.79 Å². The van der Waals surface area contributed by atoms with E-state index in [4.69, 9.17) is 28.9 Å². The van der Waals surface area contributed by atoms with Gasteiger partial charge in [0.05, 0.1) is 0 Å². The summed E-state index contributed by atoms with van der Waals surface area (Å²) in [6.07, 6.45) is 0. The van der Waals surface area contributed by atoms with Gasteiger partial charge in [-0.05, 0) is 48.9 Å². The Morgan fingerprint density at radius 2 is 1.71 bits per heavy atom. The van der Waals surface area contributed by atoms with Gasteiger partial charge in [-0.15, -0.1) is 0 Å². The number of amides is 2. The van der Waals surface area contributed by atoms with Crippen molar-refractivity contribution in [2.75, 3.05) is 10.6 Å². The van der Waals surface area contributed by atoms with Crippen LogP contribution in [0.25, 0.3) is 0 Å². The number of hydrogen-bond acceptors (Lipinski definition) is 2. The van der Waals surface area contributed by atoms with Gasteiger partial charge in [0.25, 0.3) is 0 Å². The first-order valence-corrected chi connectivity index (χ1v) is 7.09. The standard InChI is InChI=1S/C15H15Cl2N3O/c1-9(13-7-2-10(16)8-14(13)17)19-11-3-5-12(6-4-11)20-15(18)21/h2-9,19H,1H3,(H3,18,20,21). The molecule has 1 unspecified atom stereocenters. The Labute approximate surface area is 133 Å². The van der Waals surface area contributed by atoms with E-state index in [0.29, 0.717) is 15.7 Å². The van der Waals surface area contributed by atoms with E-state index in [9.17, 15) is 4.79 Å². The van der Waals surface area contributed by atoms with Gasteiger partial charge in [-0.3, -0.25) is 0 Å². The largest absolute Gasteiger partial charge is 0.378 e. The minimum Gasteiger partial charge on any atom is -0.378 e. The third kappa shape index (κ3) is 4.28. The first kappa shape index (κ1) is 15.5. The lowest BCUT2D eigenvalue weighted by Gasteiger charge is -2.17. The van der Waals surface area contributed by atoms with E-state index < -0.39 is 6.03 Å². The predicted molar refractivity (Wildman–Crippen MR) is 88.1 cm³/mol. The molecular weight excluding hydrogens is 309 g/mol. The number of rotatable bonds is 4. The summed E-state index contributed by atoms with van der Waals surface area (Å²) in [5, 5.41) is 7.06. The first-order chi connectivity index (χ1) is 9.95. The Balaban J connectivity index is 2.08. The summed E-state index contributed by atoms with van der Waals surface area (Å²) >= 11 is 12.1. The smallest absolute Gasteiger partial charge is 0.316 e. The predicted octanol–water partition coefficient (Wildman–Crippen LogP) is 4.66. The summed E-state index contributed by atoms with van der Waals surface area (Å²) in [4.78, 5) is 10.8. The normalized spacial score (nSPS) is 11.8. The minimum atomic E-state index is -0.586. The quantitative estimate of drug-likeness (QED) is 0.766. The Morgan fingerprint density at radius 3 is 2.29 bits per heavy atom. The second kappa shape index (κ2) is 6.70. The number of halogens is 2. The topological polar surface area (TPSA) is 67.2 Å². The molecule has 4 N–H and O–H groups in total. The van der Waals surface area contributed by atoms with Crippen molar-refractivity contribution in [1.29, 1.82) is 0 Å². The molecule has 0 saturated heterocycles. The zero-order valence-corrected chi connectivity index (χ0v) is 12.9. The highest BCUT2D eigenvalue weighted by molar-refractivity contribution is 6.35. The van der Waals surface area contributed by atoms with Gasteiger partial charge in [0, 0.05) is 27.5 Å². The number of hydrogen-bond donors (Lipinski definition) is 3. The molecule has 0 aliphatic rings. The van der Waals surface area contributed by atoms with Crippen LogP contribution in [0.1, 0.15) is 18.5 Å². The summed E-state index contributed by atoms with van der Waals surface area (Å²) in [5.74, 6) is 0. The van der Waals surface area contributed by atoms with E-state index in [0.717, 1.165) is 11.3 Å². The van der Waals surface area contributed by atoms with E-state index in [1.54, 1.807) is 24.3 Å². The third-order valence-electron chi connectivity index (χ3n) is 2.96. The molecule has 0 bridgehead atoms. The molecule has 0 heterocycles. The molecule has 2 aromatic carbocycles. The second-order valence-electron chi connectivity index (χ2n) is 4.60. The van der Waals surface area contributed by atoms with Crippen LogP contribution in [-0.2, 0) is 0 Å². The Kier molecular flexibility index (Phi) is 4.94. The van der Waals surface area contributed by atoms with Gasteiger partial charge in [0.1, 0.15) is 0 Å². The van der Waals surface area contributed by atoms with Crippen molar-refractivity contribution in [3.8, 4) is 0 Å². The molecule has 4 nitrogen and oxygen atoms in total. The minimum absolute atomic E-state index is 0.0183. The SMILES string of the molecule is CC(Nc1ccc(NC(N)=O)cc1)c1ccc(Cl)cc1Cl. The van der Waals surface area contributed by atoms with Crippen LogP contribution in [0, 0.1) is 0 Å². The summed E-state index contributed by atoms with van der Waals surface area (Å²) in [5.41, 5.74) is 7.57. The van der Waals surface area contributed by atoms with E-state index in [1.165, 1.54) is 0 Å². The van der Waals surface area contributed by atoms with Crippen LogP contribution in [-0.4, -0.2) is 6.03 Å². The van der Waals surface area contributed by atoms with Crippen LogP contribution in [0.5, 0.6) is 0 Å². The van der Waals surface area contributed by atoms with Crippen LogP contribution in [0.4, 0.5) is 16.2 Å². The fraction of sp³-hybridized carbons (Fsp3) is 0.133. The second-order valence-corrected chi connectivity index (χ2v) is 5.44. The highest BCUT2D eigenvalue weighted by atomic mass is 35.5. The fourth-order valence-electron chi connectivity index (χ4n) is 1.97. The van der Waals surface area contributed by atoms with Crippen molar-refractivity contribution >= 4 is 40.6 Å². The van der Waals surface area contributed by atoms with Gasteiger partial charge in [0.15, 0.2) is 0 Å². The molecule has 1 atom stereocenters. The summed E-state index contributed by atoms with van der Waals surface area (Å²) in [6.45, 7) is 2.00. The molecule has 0 fully saturated rings. The van der Waals surface area contributed by atoms with Crippen molar-refractivity contribution < 1.29 is 4.79 Å². The summed E-state index contributed by atoms with van der Waals surface area (Å²) in [6, 6.07) is 12.1. The van der Waals surface area contributed by atoms with Crippen LogP contribution < -0.4 is 16.4 Å². The lowest BCUT2D eigenvalue weighted by Crippen LogP contribution is -2.19. The molecule has 21 heavy (non-hydrogen) atoms. The van der Waals surface area contributed by atoms with Gasteiger partial charge in [-0.2, -0.15) is 0 Å². The molecular formula is C15H15Cl2N3O. The first-order valence-electron chi connectivity index (χ1n) is 6.33. The van der Waals surface area contributed by atoms with Crippen molar-refractivity contribution in [2.45, 2.75) is 13.0 Å².